The lowest BCUT2D eigenvalue weighted by atomic mass is 10.0. The number of rotatable bonds is 5. The van der Waals surface area contributed by atoms with Crippen LogP contribution in [0.2, 0.25) is 0 Å². The molecule has 0 spiro atoms. The lowest BCUT2D eigenvalue weighted by molar-refractivity contribution is 0.0558. The normalized spacial score (nSPS) is 16.6. The third kappa shape index (κ3) is 3.41. The summed E-state index contributed by atoms with van der Waals surface area (Å²) in [5.41, 5.74) is 0.841. The van der Waals surface area contributed by atoms with Crippen LogP contribution in [0.3, 0.4) is 0 Å². The van der Waals surface area contributed by atoms with Crippen molar-refractivity contribution >= 4 is 5.97 Å². The molecule has 0 aromatic carbocycles. The molecule has 5 heteroatoms. The molecule has 20 heavy (non-hydrogen) atoms. The number of methoxy groups -OCH3 is 1. The van der Waals surface area contributed by atoms with Crippen LogP contribution in [0.5, 0.6) is 0 Å². The zero-order valence-electron chi connectivity index (χ0n) is 12.6. The molecule has 1 N–H and O–H groups in total. The van der Waals surface area contributed by atoms with Crippen molar-refractivity contribution in [1.29, 1.82) is 0 Å². The fourth-order valence-corrected chi connectivity index (χ4v) is 2.79. The zero-order chi connectivity index (χ0) is 14.5. The monoisotopic (exact) mass is 280 g/mol. The first kappa shape index (κ1) is 15.1. The third-order valence-electron chi connectivity index (χ3n) is 3.93. The smallest absolute Gasteiger partial charge is 0.374 e. The van der Waals surface area contributed by atoms with Crippen LogP contribution in [0, 0.1) is 6.92 Å². The van der Waals surface area contributed by atoms with E-state index >= 15 is 0 Å². The highest BCUT2D eigenvalue weighted by Gasteiger charge is 2.22. The number of nitrogens with zero attached hydrogens (tertiary/aromatic N) is 1. The highest BCUT2D eigenvalue weighted by atomic mass is 16.5. The Balaban J connectivity index is 2.05. The summed E-state index contributed by atoms with van der Waals surface area (Å²) in [7, 11) is 1.37. The Kier molecular flexibility index (Phi) is 5.20. The van der Waals surface area contributed by atoms with Gasteiger partial charge in [-0.05, 0) is 45.5 Å². The van der Waals surface area contributed by atoms with Gasteiger partial charge in [-0.25, -0.2) is 4.79 Å². The first-order valence-corrected chi connectivity index (χ1v) is 7.28. The fraction of sp³-hybridized carbons (Fsp3) is 0.667. The molecule has 0 radical (unpaired) electrons. The summed E-state index contributed by atoms with van der Waals surface area (Å²) in [5, 5.41) is 3.38. The molecule has 2 heterocycles. The van der Waals surface area contributed by atoms with Crippen molar-refractivity contribution in [3.8, 4) is 0 Å². The summed E-state index contributed by atoms with van der Waals surface area (Å²) < 4.78 is 10.4. The van der Waals surface area contributed by atoms with Gasteiger partial charge in [0.15, 0.2) is 0 Å². The first-order chi connectivity index (χ1) is 9.65. The van der Waals surface area contributed by atoms with E-state index in [1.807, 2.05) is 13.0 Å². The maximum Gasteiger partial charge on any atom is 0.374 e. The van der Waals surface area contributed by atoms with E-state index in [4.69, 9.17) is 9.15 Å². The number of nitrogens with one attached hydrogen (secondary N) is 1. The Bertz CT molecular complexity index is 450. The van der Waals surface area contributed by atoms with Gasteiger partial charge in [-0.3, -0.25) is 4.90 Å². The molecule has 1 aliphatic heterocycles. The number of carbonyl (C=O) groups excluding carboxylic acids is 1. The van der Waals surface area contributed by atoms with Crippen LogP contribution in [-0.2, 0) is 11.3 Å². The average molecular weight is 280 g/mol. The van der Waals surface area contributed by atoms with Gasteiger partial charge in [0.05, 0.1) is 13.7 Å². The van der Waals surface area contributed by atoms with Crippen LogP contribution >= 0.6 is 0 Å². The van der Waals surface area contributed by atoms with Crippen LogP contribution in [-0.4, -0.2) is 43.7 Å². The third-order valence-corrected chi connectivity index (χ3v) is 3.93. The maximum atomic E-state index is 11.6. The van der Waals surface area contributed by atoms with Gasteiger partial charge in [-0.15, -0.1) is 0 Å². The van der Waals surface area contributed by atoms with E-state index in [9.17, 15) is 4.79 Å². The molecule has 2 rings (SSSR count). The van der Waals surface area contributed by atoms with Gasteiger partial charge in [0.2, 0.25) is 5.76 Å². The molecule has 0 saturated carbocycles. The number of piperidine rings is 1. The number of furan rings is 1. The number of aryl methyl sites for hydroxylation is 1. The van der Waals surface area contributed by atoms with Gasteiger partial charge in [0.1, 0.15) is 5.76 Å². The Labute approximate surface area is 120 Å². The molecule has 1 aromatic heterocycles. The largest absolute Gasteiger partial charge is 0.463 e. The molecule has 0 unspecified atom stereocenters. The molecule has 5 nitrogen and oxygen atoms in total. The summed E-state index contributed by atoms with van der Waals surface area (Å²) in [6.45, 7) is 7.92. The summed E-state index contributed by atoms with van der Waals surface area (Å²) >= 11 is 0. The zero-order valence-corrected chi connectivity index (χ0v) is 12.6. The van der Waals surface area contributed by atoms with Gasteiger partial charge in [-0.2, -0.15) is 0 Å². The Hall–Kier alpha value is -1.33. The molecule has 0 atom stereocenters. The van der Waals surface area contributed by atoms with Crippen molar-refractivity contribution in [2.45, 2.75) is 39.3 Å². The van der Waals surface area contributed by atoms with E-state index in [2.05, 4.69) is 17.1 Å². The van der Waals surface area contributed by atoms with Gasteiger partial charge in [0, 0.05) is 11.6 Å². The van der Waals surface area contributed by atoms with E-state index in [1.165, 1.54) is 7.11 Å². The minimum absolute atomic E-state index is 0.323. The van der Waals surface area contributed by atoms with Crippen molar-refractivity contribution in [2.75, 3.05) is 26.7 Å². The number of carbonyl (C=O) groups is 1. The highest BCUT2D eigenvalue weighted by Crippen LogP contribution is 2.20. The molecule has 0 aliphatic carbocycles. The summed E-state index contributed by atoms with van der Waals surface area (Å²) in [5.74, 6) is 0.755. The lowest BCUT2D eigenvalue weighted by Crippen LogP contribution is -2.42. The predicted molar refractivity (Wildman–Crippen MR) is 76.8 cm³/mol. The van der Waals surface area contributed by atoms with Gasteiger partial charge >= 0.3 is 5.97 Å². The van der Waals surface area contributed by atoms with E-state index < -0.39 is 5.97 Å². The number of ether oxygens (including phenoxy) is 1. The van der Waals surface area contributed by atoms with Crippen LogP contribution in [0.15, 0.2) is 10.5 Å². The molecular formula is C15H24N2O3. The minimum Gasteiger partial charge on any atom is -0.463 e. The van der Waals surface area contributed by atoms with Gasteiger partial charge in [-0.1, -0.05) is 6.92 Å². The van der Waals surface area contributed by atoms with E-state index in [-0.39, 0.29) is 0 Å². The second-order valence-electron chi connectivity index (χ2n) is 5.26. The topological polar surface area (TPSA) is 54.7 Å². The Morgan fingerprint density at radius 2 is 2.20 bits per heavy atom. The maximum absolute atomic E-state index is 11.6. The molecule has 1 aliphatic rings. The summed E-state index contributed by atoms with van der Waals surface area (Å²) in [4.78, 5) is 14.0. The molecule has 0 amide bonds. The Morgan fingerprint density at radius 3 is 2.80 bits per heavy atom. The van der Waals surface area contributed by atoms with Gasteiger partial charge < -0.3 is 14.5 Å². The van der Waals surface area contributed by atoms with Crippen LogP contribution in [0.1, 0.15) is 41.6 Å². The molecule has 112 valence electrons. The second-order valence-corrected chi connectivity index (χ2v) is 5.26. The summed E-state index contributed by atoms with van der Waals surface area (Å²) in [6.07, 6.45) is 2.33. The van der Waals surface area contributed by atoms with Crippen molar-refractivity contribution < 1.29 is 13.9 Å². The lowest BCUT2D eigenvalue weighted by Gasteiger charge is -2.33. The van der Waals surface area contributed by atoms with E-state index in [0.717, 1.165) is 50.3 Å². The predicted octanol–water partition coefficient (Wildman–Crippen LogP) is 1.95. The second kappa shape index (κ2) is 6.90. The van der Waals surface area contributed by atoms with Crippen LogP contribution in [0.4, 0.5) is 0 Å². The quantitative estimate of drug-likeness (QED) is 0.835. The number of esters is 1. The van der Waals surface area contributed by atoms with E-state index in [0.29, 0.717) is 11.8 Å². The highest BCUT2D eigenvalue weighted by molar-refractivity contribution is 5.87. The van der Waals surface area contributed by atoms with Crippen molar-refractivity contribution in [2.24, 2.45) is 0 Å². The van der Waals surface area contributed by atoms with E-state index in [1.54, 1.807) is 0 Å². The van der Waals surface area contributed by atoms with Gasteiger partial charge in [0.25, 0.3) is 0 Å². The molecule has 0 bridgehead atoms. The van der Waals surface area contributed by atoms with Crippen molar-refractivity contribution in [1.82, 2.24) is 10.2 Å². The number of hydrogen-bond donors (Lipinski definition) is 1. The average Bonchev–Trinajstić information content (AvgIpc) is 2.85. The van der Waals surface area contributed by atoms with Crippen LogP contribution in [0.25, 0.3) is 0 Å². The van der Waals surface area contributed by atoms with Crippen molar-refractivity contribution in [3.05, 3.63) is 23.2 Å². The Morgan fingerprint density at radius 1 is 1.50 bits per heavy atom. The molecular weight excluding hydrogens is 256 g/mol. The minimum atomic E-state index is -0.404. The number of hydrogen-bond acceptors (Lipinski definition) is 5. The first-order valence-electron chi connectivity index (χ1n) is 7.28. The molecule has 1 aromatic rings. The summed E-state index contributed by atoms with van der Waals surface area (Å²) in [6, 6.07) is 2.53. The van der Waals surface area contributed by atoms with Crippen LogP contribution < -0.4 is 5.32 Å². The molecule has 1 fully saturated rings. The standard InChI is InChI=1S/C15H24N2O3/c1-4-17(12-5-7-16-8-6-12)10-13-9-11(2)14(20-13)15(18)19-3/h9,12,16H,4-8,10H2,1-3H3. The molecule has 1 saturated heterocycles. The fourth-order valence-electron chi connectivity index (χ4n) is 2.79. The SMILES string of the molecule is CCN(Cc1cc(C)c(C(=O)OC)o1)C1CCNCC1. The van der Waals surface area contributed by atoms with Crippen molar-refractivity contribution in [3.63, 3.8) is 0 Å².